The third-order valence-corrected chi connectivity index (χ3v) is 12.9. The van der Waals surface area contributed by atoms with E-state index in [1.165, 1.54) is 62.5 Å². The fourth-order valence-corrected chi connectivity index (χ4v) is 11.1. The van der Waals surface area contributed by atoms with E-state index in [0.29, 0.717) is 33.5 Å². The van der Waals surface area contributed by atoms with Gasteiger partial charge in [0.2, 0.25) is 0 Å². The van der Waals surface area contributed by atoms with Gasteiger partial charge in [0.1, 0.15) is 6.10 Å². The monoisotopic (exact) mass is 466 g/mol. The van der Waals surface area contributed by atoms with Crippen molar-refractivity contribution in [3.63, 3.8) is 0 Å². The molecule has 0 aromatic carbocycles. The van der Waals surface area contributed by atoms with E-state index in [1.54, 1.807) is 6.92 Å². The highest BCUT2D eigenvalue weighted by molar-refractivity contribution is 5.66. The minimum atomic E-state index is -0.101. The van der Waals surface area contributed by atoms with Gasteiger partial charge >= 0.3 is 5.97 Å². The van der Waals surface area contributed by atoms with Crippen molar-refractivity contribution in [2.45, 2.75) is 125 Å². The first kappa shape index (κ1) is 24.6. The molecule has 5 aliphatic carbocycles. The SMILES string of the molecule is C=C(CCC=C(C)C)[C@H]1CC[C@@]2(C)[C@@H]3CC[C@H]4C(C)(C)[C@@H](OC(C)=O)CC[C@@]45C[C@@]35CC[C@]12C. The van der Waals surface area contributed by atoms with Crippen molar-refractivity contribution < 1.29 is 9.53 Å². The Hall–Kier alpha value is -1.05. The molecule has 8 atom stereocenters. The quantitative estimate of drug-likeness (QED) is 0.299. The van der Waals surface area contributed by atoms with Gasteiger partial charge in [0.15, 0.2) is 0 Å². The van der Waals surface area contributed by atoms with Crippen LogP contribution in [0.2, 0.25) is 0 Å². The second kappa shape index (κ2) is 7.72. The van der Waals surface area contributed by atoms with Crippen molar-refractivity contribution in [2.75, 3.05) is 0 Å². The maximum Gasteiger partial charge on any atom is 0.302 e. The molecule has 2 nitrogen and oxygen atoms in total. The van der Waals surface area contributed by atoms with E-state index in [0.717, 1.165) is 25.2 Å². The van der Waals surface area contributed by atoms with E-state index in [4.69, 9.17) is 4.74 Å². The molecule has 5 saturated carbocycles. The van der Waals surface area contributed by atoms with Gasteiger partial charge in [0.05, 0.1) is 0 Å². The van der Waals surface area contributed by atoms with Gasteiger partial charge in [0.25, 0.3) is 0 Å². The zero-order valence-corrected chi connectivity index (χ0v) is 23.2. The van der Waals surface area contributed by atoms with E-state index in [9.17, 15) is 4.79 Å². The number of esters is 1. The summed E-state index contributed by atoms with van der Waals surface area (Å²) in [5, 5.41) is 0. The van der Waals surface area contributed by atoms with E-state index in [-0.39, 0.29) is 17.5 Å². The third kappa shape index (κ3) is 3.08. The fraction of sp³-hybridized carbons (Fsp3) is 0.844. The number of rotatable bonds is 5. The molecule has 0 aliphatic heterocycles. The molecule has 190 valence electrons. The minimum Gasteiger partial charge on any atom is -0.462 e. The summed E-state index contributed by atoms with van der Waals surface area (Å²) in [6.45, 7) is 20.9. The maximum absolute atomic E-state index is 11.8. The third-order valence-electron chi connectivity index (χ3n) is 12.9. The molecule has 2 spiro atoms. The number of carbonyl (C=O) groups is 1. The summed E-state index contributed by atoms with van der Waals surface area (Å²) in [5.74, 6) is 2.17. The van der Waals surface area contributed by atoms with Crippen LogP contribution in [0.5, 0.6) is 0 Å². The van der Waals surface area contributed by atoms with Crippen LogP contribution in [0.3, 0.4) is 0 Å². The summed E-state index contributed by atoms with van der Waals surface area (Å²) in [6, 6.07) is 0. The van der Waals surface area contributed by atoms with E-state index < -0.39 is 0 Å². The summed E-state index contributed by atoms with van der Waals surface area (Å²) in [6.07, 6.45) is 16.9. The van der Waals surface area contributed by atoms with Crippen LogP contribution in [0.4, 0.5) is 0 Å². The standard InChI is InChI=1S/C32H50O2/c1-21(2)10-9-11-22(3)24-14-16-30(8)26-13-12-25-28(5,6)27(34-23(4)33)15-17-31(25)20-32(26,31)19-18-29(24,30)7/h10,24-27H,3,9,11-20H2,1-2,4-8H3/t24-,25+,26+,27+,29-,30+,31-,32+/m1/s1. The Kier molecular flexibility index (Phi) is 5.60. The first-order valence-corrected chi connectivity index (χ1v) is 14.3. The number of ether oxygens (including phenoxy) is 1. The van der Waals surface area contributed by atoms with Crippen LogP contribution in [0.15, 0.2) is 23.8 Å². The smallest absolute Gasteiger partial charge is 0.302 e. The normalized spacial score (nSPS) is 48.0. The van der Waals surface area contributed by atoms with Gasteiger partial charge in [0, 0.05) is 12.3 Å². The number of hydrogen-bond acceptors (Lipinski definition) is 2. The largest absolute Gasteiger partial charge is 0.462 e. The molecule has 5 fully saturated rings. The van der Waals surface area contributed by atoms with Crippen LogP contribution in [0.25, 0.3) is 0 Å². The zero-order valence-electron chi connectivity index (χ0n) is 23.2. The molecule has 0 heterocycles. The van der Waals surface area contributed by atoms with Crippen molar-refractivity contribution in [1.82, 2.24) is 0 Å². The zero-order chi connectivity index (χ0) is 24.7. The van der Waals surface area contributed by atoms with Crippen molar-refractivity contribution in [3.8, 4) is 0 Å². The summed E-state index contributed by atoms with van der Waals surface area (Å²) in [5.41, 5.74) is 4.98. The molecule has 0 saturated heterocycles. The van der Waals surface area contributed by atoms with E-state index in [2.05, 4.69) is 54.2 Å². The summed E-state index contributed by atoms with van der Waals surface area (Å²) in [4.78, 5) is 11.8. The molecule has 0 aromatic heterocycles. The Balaban J connectivity index is 1.39. The fourth-order valence-electron chi connectivity index (χ4n) is 11.1. The molecule has 0 amide bonds. The highest BCUT2D eigenvalue weighted by Gasteiger charge is 2.82. The highest BCUT2D eigenvalue weighted by Crippen LogP contribution is 2.89. The van der Waals surface area contributed by atoms with Gasteiger partial charge in [-0.3, -0.25) is 4.79 Å². The number of fused-ring (bicyclic) bond motifs is 2. The van der Waals surface area contributed by atoms with Crippen LogP contribution in [0.1, 0.15) is 119 Å². The van der Waals surface area contributed by atoms with Gasteiger partial charge in [-0.05, 0) is 124 Å². The van der Waals surface area contributed by atoms with E-state index >= 15 is 0 Å². The number of hydrogen-bond donors (Lipinski definition) is 0. The highest BCUT2D eigenvalue weighted by atomic mass is 16.5. The molecule has 5 aliphatic rings. The Morgan fingerprint density at radius 3 is 2.24 bits per heavy atom. The lowest BCUT2D eigenvalue weighted by Gasteiger charge is -2.63. The van der Waals surface area contributed by atoms with E-state index in [1.807, 2.05) is 0 Å². The second-order valence-electron chi connectivity index (χ2n) is 14.5. The van der Waals surface area contributed by atoms with Gasteiger partial charge < -0.3 is 4.74 Å². The average Bonchev–Trinajstić information content (AvgIpc) is 3.32. The first-order valence-electron chi connectivity index (χ1n) is 14.3. The van der Waals surface area contributed by atoms with Crippen LogP contribution in [-0.2, 0) is 9.53 Å². The Morgan fingerprint density at radius 2 is 1.56 bits per heavy atom. The summed E-state index contributed by atoms with van der Waals surface area (Å²) >= 11 is 0. The lowest BCUT2D eigenvalue weighted by Crippen LogP contribution is -2.57. The lowest BCUT2D eigenvalue weighted by molar-refractivity contribution is -0.179. The molecule has 0 N–H and O–H groups in total. The van der Waals surface area contributed by atoms with Gasteiger partial charge in [-0.2, -0.15) is 0 Å². The summed E-state index contributed by atoms with van der Waals surface area (Å²) < 4.78 is 5.89. The van der Waals surface area contributed by atoms with Gasteiger partial charge in [-0.25, -0.2) is 0 Å². The Morgan fingerprint density at radius 1 is 0.882 bits per heavy atom. The minimum absolute atomic E-state index is 0.0947. The predicted molar refractivity (Wildman–Crippen MR) is 140 cm³/mol. The molecule has 2 heteroatoms. The first-order chi connectivity index (χ1) is 15.8. The lowest BCUT2D eigenvalue weighted by atomic mass is 9.42. The van der Waals surface area contributed by atoms with Gasteiger partial charge in [-0.1, -0.05) is 51.5 Å². The van der Waals surface area contributed by atoms with Crippen LogP contribution in [0, 0.1) is 44.8 Å². The Bertz CT molecular complexity index is 908. The number of allylic oxidation sites excluding steroid dienone is 3. The van der Waals surface area contributed by atoms with Crippen molar-refractivity contribution in [1.29, 1.82) is 0 Å². The van der Waals surface area contributed by atoms with Crippen LogP contribution in [-0.4, -0.2) is 12.1 Å². The van der Waals surface area contributed by atoms with Crippen LogP contribution >= 0.6 is 0 Å². The molecule has 0 radical (unpaired) electrons. The predicted octanol–water partition coefficient (Wildman–Crippen LogP) is 8.66. The van der Waals surface area contributed by atoms with Crippen molar-refractivity contribution in [3.05, 3.63) is 23.8 Å². The maximum atomic E-state index is 11.8. The molecular weight excluding hydrogens is 416 g/mol. The van der Waals surface area contributed by atoms with Crippen LogP contribution < -0.4 is 0 Å². The molecule has 5 rings (SSSR count). The molecule has 0 unspecified atom stereocenters. The van der Waals surface area contributed by atoms with Gasteiger partial charge in [-0.15, -0.1) is 0 Å². The average molecular weight is 467 g/mol. The van der Waals surface area contributed by atoms with Crippen molar-refractivity contribution in [2.24, 2.45) is 44.8 Å². The number of carbonyl (C=O) groups excluding carboxylic acids is 1. The Labute approximate surface area is 209 Å². The molecular formula is C32H50O2. The summed E-state index contributed by atoms with van der Waals surface area (Å²) in [7, 11) is 0. The topological polar surface area (TPSA) is 26.3 Å². The molecule has 34 heavy (non-hydrogen) atoms. The molecule has 0 aromatic rings. The second-order valence-corrected chi connectivity index (χ2v) is 14.5. The van der Waals surface area contributed by atoms with Crippen molar-refractivity contribution >= 4 is 5.97 Å². The molecule has 0 bridgehead atoms.